The molecule has 0 amide bonds. The molecule has 1 saturated heterocycles. The average molecular weight is 507 g/mol. The summed E-state index contributed by atoms with van der Waals surface area (Å²) in [6, 6.07) is 0. The third-order valence-corrected chi connectivity index (χ3v) is 9.49. The Kier molecular flexibility index (Phi) is 6.90. The van der Waals surface area contributed by atoms with E-state index >= 15 is 0 Å². The lowest BCUT2D eigenvalue weighted by molar-refractivity contribution is -0.286. The van der Waals surface area contributed by atoms with Gasteiger partial charge in [0.1, 0.15) is 24.4 Å². The quantitative estimate of drug-likeness (QED) is 0.231. The van der Waals surface area contributed by atoms with Crippen molar-refractivity contribution in [1.29, 1.82) is 0 Å². The van der Waals surface area contributed by atoms with E-state index in [4.69, 9.17) is 18.9 Å². The van der Waals surface area contributed by atoms with E-state index in [9.17, 15) is 24.6 Å². The molecule has 0 bridgehead atoms. The summed E-state index contributed by atoms with van der Waals surface area (Å²) in [5, 5.41) is 23.1. The van der Waals surface area contributed by atoms with E-state index in [2.05, 4.69) is 0 Å². The standard InChI is InChI=1S/C27H38O9/c1-6-16(2)23(31)36-21-12-24(4,32)25(5,19-8-7-9-26(15-34-26)27(19,21)14-28)20(35-17(3)29)10-18-11-22(30)33-13-18/h6,11,19-21,28,32H,7-10,12-15H2,1-5H3/b16-6+/t19-,20+,21+,24+,25+,26+,27+/m1/s1. The number of fused-ring (bicyclic) bond motifs is 2. The van der Waals surface area contributed by atoms with Crippen LogP contribution in [0.25, 0.3) is 0 Å². The van der Waals surface area contributed by atoms with Crippen molar-refractivity contribution in [2.75, 3.05) is 19.8 Å². The summed E-state index contributed by atoms with van der Waals surface area (Å²) in [5.74, 6) is -1.88. The fraction of sp³-hybridized carbons (Fsp3) is 0.741. The van der Waals surface area contributed by atoms with Crippen LogP contribution in [0.2, 0.25) is 0 Å². The van der Waals surface area contributed by atoms with Crippen LogP contribution in [0.15, 0.2) is 23.3 Å². The number of epoxide rings is 1. The number of aliphatic hydroxyl groups is 2. The molecule has 9 heteroatoms. The Labute approximate surface area is 211 Å². The Balaban J connectivity index is 1.83. The van der Waals surface area contributed by atoms with E-state index in [1.54, 1.807) is 26.8 Å². The SMILES string of the molecule is C/C=C(\C)C(=O)O[C@H]1C[C@](C)(O)[C@](C)([C@H](CC2=CC(=O)OC2)OC(C)=O)[C@H]2CCC[C@]3(CO3)[C@]12CO. The van der Waals surface area contributed by atoms with Crippen LogP contribution < -0.4 is 0 Å². The second-order valence-corrected chi connectivity index (χ2v) is 11.3. The second-order valence-electron chi connectivity index (χ2n) is 11.3. The first-order chi connectivity index (χ1) is 16.9. The van der Waals surface area contributed by atoms with Gasteiger partial charge in [0.15, 0.2) is 0 Å². The Hall–Kier alpha value is -2.23. The highest BCUT2D eigenvalue weighted by atomic mass is 16.6. The molecule has 2 saturated carbocycles. The van der Waals surface area contributed by atoms with Gasteiger partial charge < -0.3 is 29.2 Å². The van der Waals surface area contributed by atoms with Crippen molar-refractivity contribution in [3.05, 3.63) is 23.3 Å². The third kappa shape index (κ3) is 4.00. The van der Waals surface area contributed by atoms with E-state index < -0.39 is 58.1 Å². The van der Waals surface area contributed by atoms with E-state index in [1.165, 1.54) is 13.0 Å². The number of rotatable bonds is 7. The summed E-state index contributed by atoms with van der Waals surface area (Å²) in [7, 11) is 0. The molecule has 7 atom stereocenters. The minimum absolute atomic E-state index is 0.0284. The number of carbonyl (C=O) groups excluding carboxylic acids is 3. The number of allylic oxidation sites excluding steroid dienone is 1. The molecule has 0 unspecified atom stereocenters. The van der Waals surface area contributed by atoms with Gasteiger partial charge in [-0.2, -0.15) is 0 Å². The van der Waals surface area contributed by atoms with Crippen LogP contribution in [0.3, 0.4) is 0 Å². The van der Waals surface area contributed by atoms with Crippen molar-refractivity contribution in [3.63, 3.8) is 0 Å². The fourth-order valence-electron chi connectivity index (χ4n) is 7.15. The van der Waals surface area contributed by atoms with Crippen molar-refractivity contribution < 1.29 is 43.5 Å². The molecule has 2 heterocycles. The molecule has 9 nitrogen and oxygen atoms in total. The number of aliphatic hydroxyl groups excluding tert-OH is 1. The Bertz CT molecular complexity index is 991. The van der Waals surface area contributed by atoms with Gasteiger partial charge in [-0.05, 0) is 45.1 Å². The highest BCUT2D eigenvalue weighted by Crippen LogP contribution is 2.70. The number of hydrogen-bond acceptors (Lipinski definition) is 9. The maximum Gasteiger partial charge on any atom is 0.333 e. The number of ether oxygens (including phenoxy) is 4. The predicted octanol–water partition coefficient (Wildman–Crippen LogP) is 2.38. The molecule has 2 aliphatic heterocycles. The van der Waals surface area contributed by atoms with Gasteiger partial charge in [-0.25, -0.2) is 9.59 Å². The summed E-state index contributed by atoms with van der Waals surface area (Å²) in [6.45, 7) is 8.49. The van der Waals surface area contributed by atoms with Crippen molar-refractivity contribution >= 4 is 17.9 Å². The Morgan fingerprint density at radius 1 is 1.31 bits per heavy atom. The molecule has 0 aromatic heterocycles. The van der Waals surface area contributed by atoms with Crippen molar-refractivity contribution in [2.24, 2.45) is 16.7 Å². The summed E-state index contributed by atoms with van der Waals surface area (Å²) in [4.78, 5) is 36.9. The van der Waals surface area contributed by atoms with Crippen molar-refractivity contribution in [3.8, 4) is 0 Å². The molecule has 1 spiro atoms. The van der Waals surface area contributed by atoms with Gasteiger partial charge in [0, 0.05) is 36.8 Å². The molecule has 3 fully saturated rings. The summed E-state index contributed by atoms with van der Waals surface area (Å²) >= 11 is 0. The number of carbonyl (C=O) groups is 3. The lowest BCUT2D eigenvalue weighted by atomic mass is 9.41. The van der Waals surface area contributed by atoms with Crippen LogP contribution in [-0.4, -0.2) is 71.4 Å². The van der Waals surface area contributed by atoms with E-state index in [-0.39, 0.29) is 26.1 Å². The molecule has 0 radical (unpaired) electrons. The van der Waals surface area contributed by atoms with Crippen LogP contribution in [-0.2, 0) is 33.3 Å². The number of esters is 3. The van der Waals surface area contributed by atoms with Gasteiger partial charge in [-0.15, -0.1) is 0 Å². The molecule has 4 rings (SSSR count). The fourth-order valence-corrected chi connectivity index (χ4v) is 7.15. The van der Waals surface area contributed by atoms with Gasteiger partial charge in [-0.3, -0.25) is 4.79 Å². The first-order valence-electron chi connectivity index (χ1n) is 12.7. The molecule has 4 aliphatic rings. The van der Waals surface area contributed by atoms with Gasteiger partial charge in [-0.1, -0.05) is 19.4 Å². The minimum atomic E-state index is -1.46. The maximum atomic E-state index is 12.9. The lowest BCUT2D eigenvalue weighted by Gasteiger charge is -2.66. The van der Waals surface area contributed by atoms with Crippen LogP contribution in [0, 0.1) is 16.7 Å². The van der Waals surface area contributed by atoms with Crippen LogP contribution in [0.5, 0.6) is 0 Å². The number of cyclic esters (lactones) is 1. The van der Waals surface area contributed by atoms with Crippen LogP contribution >= 0.6 is 0 Å². The van der Waals surface area contributed by atoms with Crippen LogP contribution in [0.4, 0.5) is 0 Å². The lowest BCUT2D eigenvalue weighted by Crippen LogP contribution is -2.74. The number of hydrogen-bond donors (Lipinski definition) is 2. The topological polar surface area (TPSA) is 132 Å². The normalized spacial score (nSPS) is 40.7. The first kappa shape index (κ1) is 26.8. The molecule has 0 aromatic carbocycles. The zero-order chi connectivity index (χ0) is 26.5. The molecule has 2 aliphatic carbocycles. The molecular formula is C27H38O9. The minimum Gasteiger partial charge on any atom is -0.462 e. The molecule has 200 valence electrons. The highest BCUT2D eigenvalue weighted by Gasteiger charge is 2.78. The van der Waals surface area contributed by atoms with Crippen molar-refractivity contribution in [2.45, 2.75) is 90.1 Å². The first-order valence-corrected chi connectivity index (χ1v) is 12.7. The Morgan fingerprint density at radius 3 is 2.53 bits per heavy atom. The second kappa shape index (κ2) is 9.26. The van der Waals surface area contributed by atoms with Gasteiger partial charge in [0.2, 0.25) is 0 Å². The third-order valence-electron chi connectivity index (χ3n) is 9.49. The van der Waals surface area contributed by atoms with E-state index in [0.29, 0.717) is 30.6 Å². The van der Waals surface area contributed by atoms with Gasteiger partial charge >= 0.3 is 17.9 Å². The zero-order valence-corrected chi connectivity index (χ0v) is 21.8. The van der Waals surface area contributed by atoms with E-state index in [1.807, 2.05) is 6.92 Å². The molecular weight excluding hydrogens is 468 g/mol. The van der Waals surface area contributed by atoms with Gasteiger partial charge in [0.25, 0.3) is 0 Å². The summed E-state index contributed by atoms with van der Waals surface area (Å²) < 4.78 is 23.0. The summed E-state index contributed by atoms with van der Waals surface area (Å²) in [5.41, 5.74) is -3.10. The molecule has 0 aromatic rings. The Morgan fingerprint density at radius 2 is 2.00 bits per heavy atom. The van der Waals surface area contributed by atoms with Gasteiger partial charge in [0.05, 0.1) is 24.2 Å². The molecule has 2 N–H and O–H groups in total. The predicted molar refractivity (Wildman–Crippen MR) is 127 cm³/mol. The smallest absolute Gasteiger partial charge is 0.333 e. The largest absolute Gasteiger partial charge is 0.462 e. The summed E-state index contributed by atoms with van der Waals surface area (Å²) in [6.07, 6.45) is 3.75. The maximum absolute atomic E-state index is 12.9. The van der Waals surface area contributed by atoms with Crippen molar-refractivity contribution in [1.82, 2.24) is 0 Å². The van der Waals surface area contributed by atoms with E-state index in [0.717, 1.165) is 6.42 Å². The zero-order valence-electron chi connectivity index (χ0n) is 21.8. The highest BCUT2D eigenvalue weighted by molar-refractivity contribution is 5.87. The molecule has 36 heavy (non-hydrogen) atoms. The average Bonchev–Trinajstić information content (AvgIpc) is 3.47. The van der Waals surface area contributed by atoms with Crippen LogP contribution in [0.1, 0.15) is 66.7 Å². The monoisotopic (exact) mass is 506 g/mol.